The number of ether oxygens (including phenoxy) is 1. The molecule has 2 aromatic carbocycles. The van der Waals surface area contributed by atoms with Crippen LogP contribution in [-0.2, 0) is 6.61 Å². The van der Waals surface area contributed by atoms with Crippen molar-refractivity contribution in [1.82, 2.24) is 5.32 Å². The van der Waals surface area contributed by atoms with Gasteiger partial charge in [-0.1, -0.05) is 48.0 Å². The number of hydrogen-bond acceptors (Lipinski definition) is 2. The second kappa shape index (κ2) is 6.39. The monoisotopic (exact) mass is 255 g/mol. The second-order valence-corrected chi connectivity index (χ2v) is 4.83. The smallest absolute Gasteiger partial charge is 0.124 e. The third-order valence-corrected chi connectivity index (χ3v) is 3.30. The first-order chi connectivity index (χ1) is 9.20. The summed E-state index contributed by atoms with van der Waals surface area (Å²) in [5.41, 5.74) is 3.65. The van der Waals surface area contributed by atoms with Gasteiger partial charge in [0.1, 0.15) is 12.4 Å². The van der Waals surface area contributed by atoms with Crippen molar-refractivity contribution >= 4 is 0 Å². The van der Waals surface area contributed by atoms with E-state index in [4.69, 9.17) is 4.74 Å². The van der Waals surface area contributed by atoms with E-state index in [2.05, 4.69) is 49.5 Å². The quantitative estimate of drug-likeness (QED) is 0.876. The van der Waals surface area contributed by atoms with Gasteiger partial charge in [-0.2, -0.15) is 0 Å². The molecule has 0 aromatic heterocycles. The van der Waals surface area contributed by atoms with Crippen molar-refractivity contribution in [3.63, 3.8) is 0 Å². The van der Waals surface area contributed by atoms with Crippen LogP contribution in [-0.4, -0.2) is 7.05 Å². The van der Waals surface area contributed by atoms with Gasteiger partial charge in [0.25, 0.3) is 0 Å². The van der Waals surface area contributed by atoms with Crippen molar-refractivity contribution in [3.8, 4) is 5.75 Å². The zero-order valence-electron chi connectivity index (χ0n) is 11.8. The molecule has 1 atom stereocenters. The van der Waals surface area contributed by atoms with Gasteiger partial charge < -0.3 is 10.1 Å². The Kier molecular flexibility index (Phi) is 4.58. The summed E-state index contributed by atoms with van der Waals surface area (Å²) in [5.74, 6) is 0.955. The van der Waals surface area contributed by atoms with Crippen LogP contribution in [0, 0.1) is 6.92 Å². The van der Waals surface area contributed by atoms with Crippen molar-refractivity contribution in [2.24, 2.45) is 0 Å². The van der Waals surface area contributed by atoms with Crippen molar-refractivity contribution in [3.05, 3.63) is 65.2 Å². The molecule has 0 heterocycles. The lowest BCUT2D eigenvalue weighted by molar-refractivity contribution is 0.300. The third kappa shape index (κ3) is 3.58. The molecule has 2 rings (SSSR count). The van der Waals surface area contributed by atoms with E-state index in [1.54, 1.807) is 0 Å². The fourth-order valence-electron chi connectivity index (χ4n) is 2.03. The maximum absolute atomic E-state index is 5.96. The van der Waals surface area contributed by atoms with Crippen LogP contribution in [0.2, 0.25) is 0 Å². The molecule has 0 bridgehead atoms. The van der Waals surface area contributed by atoms with Crippen LogP contribution in [0.25, 0.3) is 0 Å². The zero-order chi connectivity index (χ0) is 13.7. The molecule has 19 heavy (non-hydrogen) atoms. The molecule has 1 unspecified atom stereocenters. The first kappa shape index (κ1) is 13.6. The minimum Gasteiger partial charge on any atom is -0.489 e. The molecular weight excluding hydrogens is 234 g/mol. The zero-order valence-corrected chi connectivity index (χ0v) is 11.8. The topological polar surface area (TPSA) is 21.3 Å². The number of hydrogen-bond donors (Lipinski definition) is 1. The summed E-state index contributed by atoms with van der Waals surface area (Å²) in [6.45, 7) is 4.85. The van der Waals surface area contributed by atoms with Crippen LogP contribution in [0.4, 0.5) is 0 Å². The molecule has 2 heteroatoms. The van der Waals surface area contributed by atoms with Gasteiger partial charge in [0, 0.05) is 11.6 Å². The highest BCUT2D eigenvalue weighted by molar-refractivity contribution is 5.39. The van der Waals surface area contributed by atoms with E-state index in [0.717, 1.165) is 5.75 Å². The number of nitrogens with one attached hydrogen (secondary N) is 1. The van der Waals surface area contributed by atoms with Gasteiger partial charge in [-0.15, -0.1) is 0 Å². The Morgan fingerprint density at radius 3 is 2.53 bits per heavy atom. The average Bonchev–Trinajstić information content (AvgIpc) is 2.46. The first-order valence-electron chi connectivity index (χ1n) is 6.65. The summed E-state index contributed by atoms with van der Waals surface area (Å²) in [6, 6.07) is 16.9. The molecule has 0 fully saturated rings. The highest BCUT2D eigenvalue weighted by atomic mass is 16.5. The summed E-state index contributed by atoms with van der Waals surface area (Å²) in [5, 5.41) is 3.27. The van der Waals surface area contributed by atoms with Gasteiger partial charge in [0.15, 0.2) is 0 Å². The standard InChI is InChI=1S/C17H21NO/c1-13-9-10-17(16(11-13)14(2)18-3)19-12-15-7-5-4-6-8-15/h4-11,14,18H,12H2,1-3H3. The second-order valence-electron chi connectivity index (χ2n) is 4.83. The summed E-state index contributed by atoms with van der Waals surface area (Å²) in [4.78, 5) is 0. The molecule has 0 aliphatic carbocycles. The third-order valence-electron chi connectivity index (χ3n) is 3.30. The maximum Gasteiger partial charge on any atom is 0.124 e. The van der Waals surface area contributed by atoms with Crippen molar-refractivity contribution < 1.29 is 4.74 Å². The normalized spacial score (nSPS) is 12.2. The molecule has 100 valence electrons. The van der Waals surface area contributed by atoms with Crippen LogP contribution in [0.15, 0.2) is 48.5 Å². The molecule has 1 N–H and O–H groups in total. The molecule has 0 saturated carbocycles. The fourth-order valence-corrected chi connectivity index (χ4v) is 2.03. The summed E-state index contributed by atoms with van der Waals surface area (Å²) in [7, 11) is 1.97. The van der Waals surface area contributed by atoms with Crippen molar-refractivity contribution in [1.29, 1.82) is 0 Å². The summed E-state index contributed by atoms with van der Waals surface area (Å²) in [6.07, 6.45) is 0. The minimum absolute atomic E-state index is 0.283. The van der Waals surface area contributed by atoms with E-state index in [1.807, 2.05) is 25.2 Å². The summed E-state index contributed by atoms with van der Waals surface area (Å²) < 4.78 is 5.96. The largest absolute Gasteiger partial charge is 0.489 e. The maximum atomic E-state index is 5.96. The molecule has 0 amide bonds. The van der Waals surface area contributed by atoms with E-state index in [9.17, 15) is 0 Å². The Bertz CT molecular complexity index is 522. The SMILES string of the molecule is CNC(C)c1cc(C)ccc1OCc1ccccc1. The Morgan fingerprint density at radius 2 is 1.84 bits per heavy atom. The van der Waals surface area contributed by atoms with Gasteiger partial charge in [-0.25, -0.2) is 0 Å². The lowest BCUT2D eigenvalue weighted by Crippen LogP contribution is -2.14. The number of aryl methyl sites for hydroxylation is 1. The van der Waals surface area contributed by atoms with Gasteiger partial charge in [0.2, 0.25) is 0 Å². The molecule has 2 nitrogen and oxygen atoms in total. The molecule has 0 saturated heterocycles. The number of benzene rings is 2. The highest BCUT2D eigenvalue weighted by Gasteiger charge is 2.10. The van der Waals surface area contributed by atoms with Crippen LogP contribution in [0.1, 0.15) is 29.7 Å². The first-order valence-corrected chi connectivity index (χ1v) is 6.65. The van der Waals surface area contributed by atoms with Crippen LogP contribution >= 0.6 is 0 Å². The minimum atomic E-state index is 0.283. The van der Waals surface area contributed by atoms with Gasteiger partial charge >= 0.3 is 0 Å². The fraction of sp³-hybridized carbons (Fsp3) is 0.294. The van der Waals surface area contributed by atoms with E-state index in [1.165, 1.54) is 16.7 Å². The molecule has 0 aliphatic heterocycles. The van der Waals surface area contributed by atoms with Crippen molar-refractivity contribution in [2.45, 2.75) is 26.5 Å². The Labute approximate surface area is 115 Å². The van der Waals surface area contributed by atoms with Gasteiger partial charge in [0.05, 0.1) is 0 Å². The van der Waals surface area contributed by atoms with Gasteiger partial charge in [-0.05, 0) is 32.5 Å². The predicted molar refractivity (Wildman–Crippen MR) is 79.4 cm³/mol. The van der Waals surface area contributed by atoms with E-state index in [0.29, 0.717) is 6.61 Å². The molecule has 0 spiro atoms. The predicted octanol–water partition coefficient (Wildman–Crippen LogP) is 3.85. The van der Waals surface area contributed by atoms with Crippen LogP contribution in [0.3, 0.4) is 0 Å². The molecule has 2 aromatic rings. The number of rotatable bonds is 5. The van der Waals surface area contributed by atoms with E-state index >= 15 is 0 Å². The average molecular weight is 255 g/mol. The molecular formula is C17H21NO. The highest BCUT2D eigenvalue weighted by Crippen LogP contribution is 2.26. The molecule has 0 radical (unpaired) electrons. The Balaban J connectivity index is 2.15. The Morgan fingerprint density at radius 1 is 1.11 bits per heavy atom. The van der Waals surface area contributed by atoms with E-state index in [-0.39, 0.29) is 6.04 Å². The van der Waals surface area contributed by atoms with Crippen LogP contribution in [0.5, 0.6) is 5.75 Å². The van der Waals surface area contributed by atoms with Gasteiger partial charge in [-0.3, -0.25) is 0 Å². The lowest BCUT2D eigenvalue weighted by atomic mass is 10.0. The lowest BCUT2D eigenvalue weighted by Gasteiger charge is -2.17. The van der Waals surface area contributed by atoms with E-state index < -0.39 is 0 Å². The van der Waals surface area contributed by atoms with Crippen LogP contribution < -0.4 is 10.1 Å². The Hall–Kier alpha value is -1.80. The van der Waals surface area contributed by atoms with Crippen molar-refractivity contribution in [2.75, 3.05) is 7.05 Å². The summed E-state index contributed by atoms with van der Waals surface area (Å²) >= 11 is 0. The molecule has 0 aliphatic rings.